The molecule has 1 saturated heterocycles. The number of anilines is 1. The molecule has 4 aromatic rings. The van der Waals surface area contributed by atoms with Crippen molar-refractivity contribution in [2.24, 2.45) is 5.41 Å². The number of esters is 1. The second kappa shape index (κ2) is 10.6. The number of nitrogens with zero attached hydrogens (tertiary/aromatic N) is 1. The molecule has 0 radical (unpaired) electrons. The summed E-state index contributed by atoms with van der Waals surface area (Å²) in [5, 5.41) is 0. The molecule has 1 fully saturated rings. The van der Waals surface area contributed by atoms with Gasteiger partial charge in [-0.25, -0.2) is 0 Å². The molecule has 224 valence electrons. The van der Waals surface area contributed by atoms with Gasteiger partial charge in [0.1, 0.15) is 17.2 Å². The number of fused-ring (bicyclic) bond motifs is 5. The number of carbonyl (C=O) groups excluding carboxylic acids is 4. The van der Waals surface area contributed by atoms with Crippen molar-refractivity contribution in [3.63, 3.8) is 0 Å². The van der Waals surface area contributed by atoms with E-state index in [1.165, 1.54) is 21.1 Å². The fourth-order valence-corrected chi connectivity index (χ4v) is 7.44. The average molecular weight is 600 g/mol. The van der Waals surface area contributed by atoms with Gasteiger partial charge in [0.05, 0.1) is 20.3 Å². The van der Waals surface area contributed by atoms with Crippen LogP contribution in [0.4, 0.5) is 5.69 Å². The molecule has 0 aromatic heterocycles. The minimum absolute atomic E-state index is 0.300. The first-order valence-electron chi connectivity index (χ1n) is 14.6. The maximum Gasteiger partial charge on any atom is 0.308 e. The Hall–Kier alpha value is -5.50. The lowest BCUT2D eigenvalue weighted by molar-refractivity contribution is -0.131. The number of Topliss-reactive ketones (excluding diaryl/α,β-unsaturated/α-hetero) is 3. The SMILES string of the molecule is COc1cccc([C@@H]2[C@@H](C(=O)c3ccc(OC(C)=O)cc3)N3c4ccccc4C=C[C@@H]3C23C(=O)c2ccccc2C3=O)c1OC. The van der Waals surface area contributed by atoms with Crippen LogP contribution >= 0.6 is 0 Å². The molecule has 0 bridgehead atoms. The van der Waals surface area contributed by atoms with E-state index < -0.39 is 29.4 Å². The number of hydrogen-bond acceptors (Lipinski definition) is 8. The van der Waals surface area contributed by atoms with Crippen LogP contribution in [0.1, 0.15) is 55.0 Å². The fourth-order valence-electron chi connectivity index (χ4n) is 7.44. The van der Waals surface area contributed by atoms with Gasteiger partial charge in [-0.05, 0) is 42.0 Å². The summed E-state index contributed by atoms with van der Waals surface area (Å²) >= 11 is 0. The number of ether oxygens (including phenoxy) is 3. The summed E-state index contributed by atoms with van der Waals surface area (Å²) in [4.78, 5) is 58.2. The third-order valence-corrected chi connectivity index (χ3v) is 9.15. The van der Waals surface area contributed by atoms with Crippen molar-refractivity contribution in [3.05, 3.63) is 125 Å². The number of benzene rings is 4. The zero-order valence-electron chi connectivity index (χ0n) is 24.9. The van der Waals surface area contributed by atoms with Crippen LogP contribution in [0.15, 0.2) is 97.1 Å². The zero-order chi connectivity index (χ0) is 31.5. The summed E-state index contributed by atoms with van der Waals surface area (Å²) in [5.41, 5.74) is 1.43. The van der Waals surface area contributed by atoms with Crippen LogP contribution in [0.3, 0.4) is 0 Å². The summed E-state index contributed by atoms with van der Waals surface area (Å²) in [7, 11) is 3.02. The predicted octanol–water partition coefficient (Wildman–Crippen LogP) is 5.95. The molecule has 1 spiro atoms. The second-order valence-electron chi connectivity index (χ2n) is 11.3. The summed E-state index contributed by atoms with van der Waals surface area (Å²) in [6.07, 6.45) is 3.79. The van der Waals surface area contributed by atoms with Crippen molar-refractivity contribution in [2.45, 2.75) is 24.9 Å². The van der Waals surface area contributed by atoms with Crippen LogP contribution in [0.2, 0.25) is 0 Å². The highest BCUT2D eigenvalue weighted by Gasteiger charge is 2.72. The Morgan fingerprint density at radius 2 is 1.44 bits per heavy atom. The van der Waals surface area contributed by atoms with Crippen molar-refractivity contribution in [2.75, 3.05) is 19.1 Å². The fraction of sp³-hybridized carbons (Fsp3) is 0.189. The Morgan fingerprint density at radius 3 is 2.09 bits per heavy atom. The Labute approximate surface area is 259 Å². The predicted molar refractivity (Wildman–Crippen MR) is 167 cm³/mol. The Kier molecular flexibility index (Phi) is 6.66. The Balaban J connectivity index is 1.53. The molecule has 8 nitrogen and oxygen atoms in total. The topological polar surface area (TPSA) is 99.2 Å². The number of ketones is 3. The molecule has 2 aliphatic heterocycles. The van der Waals surface area contributed by atoms with E-state index >= 15 is 0 Å². The van der Waals surface area contributed by atoms with E-state index in [1.54, 1.807) is 66.7 Å². The molecule has 2 heterocycles. The molecule has 8 heteroatoms. The highest BCUT2D eigenvalue weighted by molar-refractivity contribution is 6.32. The van der Waals surface area contributed by atoms with Gasteiger partial charge in [-0.15, -0.1) is 0 Å². The van der Waals surface area contributed by atoms with Gasteiger partial charge in [0.2, 0.25) is 0 Å². The molecule has 0 N–H and O–H groups in total. The molecular weight excluding hydrogens is 570 g/mol. The second-order valence-corrected chi connectivity index (χ2v) is 11.3. The number of methoxy groups -OCH3 is 2. The maximum absolute atomic E-state index is 14.9. The van der Waals surface area contributed by atoms with Crippen LogP contribution in [0.5, 0.6) is 17.2 Å². The summed E-state index contributed by atoms with van der Waals surface area (Å²) in [5.74, 6) is -1.36. The molecule has 0 unspecified atom stereocenters. The lowest BCUT2D eigenvalue weighted by atomic mass is 9.64. The van der Waals surface area contributed by atoms with Gasteiger partial charge in [0, 0.05) is 40.8 Å². The van der Waals surface area contributed by atoms with Gasteiger partial charge in [0.15, 0.2) is 28.8 Å². The smallest absolute Gasteiger partial charge is 0.308 e. The first-order valence-corrected chi connectivity index (χ1v) is 14.6. The monoisotopic (exact) mass is 599 g/mol. The van der Waals surface area contributed by atoms with Crippen molar-refractivity contribution in [3.8, 4) is 17.2 Å². The highest BCUT2D eigenvalue weighted by atomic mass is 16.5. The lowest BCUT2D eigenvalue weighted by Gasteiger charge is -2.37. The molecule has 3 atom stereocenters. The third kappa shape index (κ3) is 3.98. The van der Waals surface area contributed by atoms with Crippen LogP contribution < -0.4 is 19.1 Å². The van der Waals surface area contributed by atoms with Crippen LogP contribution in [-0.4, -0.2) is 49.6 Å². The highest BCUT2D eigenvalue weighted by Crippen LogP contribution is 2.62. The van der Waals surface area contributed by atoms with E-state index in [4.69, 9.17) is 14.2 Å². The first-order chi connectivity index (χ1) is 21.8. The molecule has 7 rings (SSSR count). The minimum atomic E-state index is -1.69. The van der Waals surface area contributed by atoms with Gasteiger partial charge in [-0.2, -0.15) is 0 Å². The Bertz CT molecular complexity index is 1890. The standard InChI is InChI=1S/C37H29NO7/c1-21(39)45-24-18-15-23(16-19-24)33(40)32-31(27-12-8-14-29(43-2)34(27)44-3)37(35(41)25-10-5-6-11-26(25)36(37)42)30-20-17-22-9-4-7-13-28(22)38(30)32/h4-20,30-32H,1-3H3/t30-,31-,32+/m1/s1. The van der Waals surface area contributed by atoms with Gasteiger partial charge in [0.25, 0.3) is 0 Å². The van der Waals surface area contributed by atoms with E-state index in [1.807, 2.05) is 41.3 Å². The van der Waals surface area contributed by atoms with Crippen molar-refractivity contribution >= 4 is 35.1 Å². The van der Waals surface area contributed by atoms with E-state index in [0.717, 1.165) is 11.3 Å². The average Bonchev–Trinajstić information content (AvgIpc) is 3.50. The van der Waals surface area contributed by atoms with Gasteiger partial charge >= 0.3 is 5.97 Å². The maximum atomic E-state index is 14.9. The largest absolute Gasteiger partial charge is 0.493 e. The van der Waals surface area contributed by atoms with Crippen molar-refractivity contribution < 1.29 is 33.4 Å². The third-order valence-electron chi connectivity index (χ3n) is 9.15. The quantitative estimate of drug-likeness (QED) is 0.116. The van der Waals surface area contributed by atoms with Crippen LogP contribution in [-0.2, 0) is 4.79 Å². The molecule has 1 aliphatic carbocycles. The Morgan fingerprint density at radius 1 is 0.778 bits per heavy atom. The van der Waals surface area contributed by atoms with E-state index in [2.05, 4.69) is 0 Å². The summed E-state index contributed by atoms with van der Waals surface area (Å²) in [6.45, 7) is 1.30. The van der Waals surface area contributed by atoms with Gasteiger partial charge in [-0.3, -0.25) is 19.2 Å². The van der Waals surface area contributed by atoms with Crippen LogP contribution in [0, 0.1) is 5.41 Å². The molecule has 4 aromatic carbocycles. The normalized spacial score (nSPS) is 20.4. The van der Waals surface area contributed by atoms with Crippen molar-refractivity contribution in [1.82, 2.24) is 0 Å². The number of rotatable bonds is 6. The molecule has 3 aliphatic rings. The molecule has 0 amide bonds. The zero-order valence-corrected chi connectivity index (χ0v) is 24.9. The number of para-hydroxylation sites is 2. The molecule has 45 heavy (non-hydrogen) atoms. The van der Waals surface area contributed by atoms with Gasteiger partial charge in [-0.1, -0.05) is 66.7 Å². The van der Waals surface area contributed by atoms with Crippen molar-refractivity contribution in [1.29, 1.82) is 0 Å². The summed E-state index contributed by atoms with van der Waals surface area (Å²) in [6, 6.07) is 24.3. The van der Waals surface area contributed by atoms with Gasteiger partial charge < -0.3 is 19.1 Å². The minimum Gasteiger partial charge on any atom is -0.493 e. The summed E-state index contributed by atoms with van der Waals surface area (Å²) < 4.78 is 16.8. The van der Waals surface area contributed by atoms with E-state index in [-0.39, 0.29) is 17.3 Å². The van der Waals surface area contributed by atoms with Crippen LogP contribution in [0.25, 0.3) is 6.08 Å². The molecule has 0 saturated carbocycles. The number of hydrogen-bond donors (Lipinski definition) is 0. The van der Waals surface area contributed by atoms with E-state index in [0.29, 0.717) is 39.5 Å². The lowest BCUT2D eigenvalue weighted by Crippen LogP contribution is -2.48. The number of carbonyl (C=O) groups is 4. The van der Waals surface area contributed by atoms with E-state index in [9.17, 15) is 19.2 Å². The first kappa shape index (κ1) is 28.3. The molecular formula is C37H29NO7.